The van der Waals surface area contributed by atoms with Gasteiger partial charge in [-0.05, 0) is 40.1 Å². The Labute approximate surface area is 112 Å². The number of hydrogen-bond donors (Lipinski definition) is 0. The molecule has 0 aliphatic heterocycles. The second kappa shape index (κ2) is 4.11. The number of hydrogen-bond acceptors (Lipinski definition) is 1. The van der Waals surface area contributed by atoms with E-state index in [0.29, 0.717) is 0 Å². The molecule has 0 radical (unpaired) electrons. The first kappa shape index (κ1) is 11.2. The number of nitrogens with zero attached hydrogens (tertiary/aromatic N) is 1. The molecule has 18 heavy (non-hydrogen) atoms. The van der Waals surface area contributed by atoms with Crippen molar-refractivity contribution >= 4 is 23.2 Å². The molecule has 0 amide bonds. The standard InChI is InChI=1S/C16H11N.ClH/c1-2-4-13-12(3-1)9-15-14(13)6-5-11-7-8-17-10-16(11)15;/h1-8,10H,9H2;1H. The maximum absolute atomic E-state index is 4.25. The summed E-state index contributed by atoms with van der Waals surface area (Å²) in [7, 11) is 0. The minimum atomic E-state index is 0. The first-order valence-corrected chi connectivity index (χ1v) is 5.87. The fraction of sp³-hybridized carbons (Fsp3) is 0.0625. The van der Waals surface area contributed by atoms with Crippen LogP contribution in [-0.4, -0.2) is 4.98 Å². The smallest absolute Gasteiger partial charge is 0.0349 e. The minimum absolute atomic E-state index is 0. The molecule has 0 bridgehead atoms. The van der Waals surface area contributed by atoms with Crippen LogP contribution in [-0.2, 0) is 6.42 Å². The highest BCUT2D eigenvalue weighted by Gasteiger charge is 2.19. The van der Waals surface area contributed by atoms with E-state index in [0.717, 1.165) is 6.42 Å². The maximum atomic E-state index is 4.25. The van der Waals surface area contributed by atoms with Crippen molar-refractivity contribution in [3.8, 4) is 11.1 Å². The Morgan fingerprint density at radius 1 is 0.889 bits per heavy atom. The number of benzene rings is 2. The maximum Gasteiger partial charge on any atom is 0.0349 e. The van der Waals surface area contributed by atoms with E-state index < -0.39 is 0 Å². The SMILES string of the molecule is Cl.c1ccc2c(c1)Cc1c-2ccc2ccncc12. The van der Waals surface area contributed by atoms with Crippen LogP contribution < -0.4 is 0 Å². The number of aromatic nitrogens is 1. The Morgan fingerprint density at radius 2 is 1.78 bits per heavy atom. The van der Waals surface area contributed by atoms with Crippen molar-refractivity contribution in [3.63, 3.8) is 0 Å². The van der Waals surface area contributed by atoms with Gasteiger partial charge in [-0.3, -0.25) is 4.98 Å². The van der Waals surface area contributed by atoms with E-state index in [2.05, 4.69) is 47.4 Å². The van der Waals surface area contributed by atoms with E-state index in [1.54, 1.807) is 0 Å². The summed E-state index contributed by atoms with van der Waals surface area (Å²) in [6.07, 6.45) is 4.88. The van der Waals surface area contributed by atoms with Crippen LogP contribution in [0, 0.1) is 0 Å². The molecule has 0 saturated heterocycles. The van der Waals surface area contributed by atoms with Crippen LogP contribution in [0.25, 0.3) is 21.9 Å². The molecule has 1 aromatic heterocycles. The zero-order chi connectivity index (χ0) is 11.2. The van der Waals surface area contributed by atoms with Gasteiger partial charge in [-0.25, -0.2) is 0 Å². The molecular formula is C16H12ClN. The fourth-order valence-corrected chi connectivity index (χ4v) is 2.79. The number of pyridine rings is 1. The van der Waals surface area contributed by atoms with Crippen LogP contribution in [0.3, 0.4) is 0 Å². The quantitative estimate of drug-likeness (QED) is 0.457. The molecule has 1 heterocycles. The van der Waals surface area contributed by atoms with Gasteiger partial charge in [-0.15, -0.1) is 12.4 Å². The molecule has 2 heteroatoms. The van der Waals surface area contributed by atoms with Gasteiger partial charge in [-0.1, -0.05) is 36.4 Å². The average molecular weight is 254 g/mol. The number of halogens is 1. The molecule has 88 valence electrons. The summed E-state index contributed by atoms with van der Waals surface area (Å²) in [6, 6.07) is 15.2. The Kier molecular flexibility index (Phi) is 2.57. The minimum Gasteiger partial charge on any atom is -0.264 e. The van der Waals surface area contributed by atoms with Gasteiger partial charge in [0, 0.05) is 17.8 Å². The normalized spacial score (nSPS) is 11.8. The molecule has 0 fully saturated rings. The van der Waals surface area contributed by atoms with Crippen molar-refractivity contribution in [2.45, 2.75) is 6.42 Å². The second-order valence-corrected chi connectivity index (χ2v) is 4.52. The van der Waals surface area contributed by atoms with Crippen molar-refractivity contribution in [3.05, 3.63) is 66.0 Å². The third-order valence-corrected chi connectivity index (χ3v) is 3.61. The van der Waals surface area contributed by atoms with Crippen molar-refractivity contribution in [2.24, 2.45) is 0 Å². The first-order chi connectivity index (χ1) is 8.43. The molecule has 0 unspecified atom stereocenters. The summed E-state index contributed by atoms with van der Waals surface area (Å²) in [6.45, 7) is 0. The third-order valence-electron chi connectivity index (χ3n) is 3.61. The van der Waals surface area contributed by atoms with E-state index in [4.69, 9.17) is 0 Å². The summed E-state index contributed by atoms with van der Waals surface area (Å²) in [5, 5.41) is 2.58. The van der Waals surface area contributed by atoms with Crippen LogP contribution in [0.1, 0.15) is 11.1 Å². The average Bonchev–Trinajstić information content (AvgIpc) is 2.78. The second-order valence-electron chi connectivity index (χ2n) is 4.52. The summed E-state index contributed by atoms with van der Waals surface area (Å²) < 4.78 is 0. The van der Waals surface area contributed by atoms with E-state index in [1.165, 1.54) is 33.0 Å². The molecular weight excluding hydrogens is 242 g/mol. The molecule has 0 spiro atoms. The van der Waals surface area contributed by atoms with Crippen LogP contribution in [0.15, 0.2) is 54.9 Å². The summed E-state index contributed by atoms with van der Waals surface area (Å²) in [5.74, 6) is 0. The Bertz CT molecular complexity index is 734. The fourth-order valence-electron chi connectivity index (χ4n) is 2.79. The summed E-state index contributed by atoms with van der Waals surface area (Å²) >= 11 is 0. The van der Waals surface area contributed by atoms with Gasteiger partial charge in [-0.2, -0.15) is 0 Å². The van der Waals surface area contributed by atoms with Crippen molar-refractivity contribution in [1.82, 2.24) is 4.98 Å². The lowest BCUT2D eigenvalue weighted by atomic mass is 10.0. The highest BCUT2D eigenvalue weighted by Crippen LogP contribution is 2.39. The molecule has 0 N–H and O–H groups in total. The van der Waals surface area contributed by atoms with Crippen molar-refractivity contribution in [2.75, 3.05) is 0 Å². The lowest BCUT2D eigenvalue weighted by Crippen LogP contribution is -1.84. The molecule has 4 rings (SSSR count). The highest BCUT2D eigenvalue weighted by molar-refractivity contribution is 5.94. The van der Waals surface area contributed by atoms with E-state index in [1.807, 2.05) is 12.4 Å². The largest absolute Gasteiger partial charge is 0.264 e. The summed E-state index contributed by atoms with van der Waals surface area (Å²) in [4.78, 5) is 4.25. The summed E-state index contributed by atoms with van der Waals surface area (Å²) in [5.41, 5.74) is 5.62. The van der Waals surface area contributed by atoms with Gasteiger partial charge in [0.2, 0.25) is 0 Å². The zero-order valence-corrected chi connectivity index (χ0v) is 10.6. The molecule has 1 aliphatic rings. The van der Waals surface area contributed by atoms with E-state index in [-0.39, 0.29) is 12.4 Å². The Balaban J connectivity index is 0.000001000. The Morgan fingerprint density at radius 3 is 2.72 bits per heavy atom. The molecule has 0 atom stereocenters. The zero-order valence-electron chi connectivity index (χ0n) is 9.76. The highest BCUT2D eigenvalue weighted by atomic mass is 35.5. The molecule has 1 aliphatic carbocycles. The topological polar surface area (TPSA) is 12.9 Å². The van der Waals surface area contributed by atoms with E-state index >= 15 is 0 Å². The van der Waals surface area contributed by atoms with Gasteiger partial charge in [0.05, 0.1) is 0 Å². The first-order valence-electron chi connectivity index (χ1n) is 5.87. The van der Waals surface area contributed by atoms with Crippen molar-refractivity contribution < 1.29 is 0 Å². The Hall–Kier alpha value is -1.86. The van der Waals surface area contributed by atoms with Gasteiger partial charge >= 0.3 is 0 Å². The van der Waals surface area contributed by atoms with Crippen LogP contribution in [0.4, 0.5) is 0 Å². The van der Waals surface area contributed by atoms with Crippen LogP contribution in [0.2, 0.25) is 0 Å². The van der Waals surface area contributed by atoms with Gasteiger partial charge < -0.3 is 0 Å². The van der Waals surface area contributed by atoms with Crippen LogP contribution >= 0.6 is 12.4 Å². The predicted molar refractivity (Wildman–Crippen MR) is 77.2 cm³/mol. The van der Waals surface area contributed by atoms with Crippen molar-refractivity contribution in [1.29, 1.82) is 0 Å². The van der Waals surface area contributed by atoms with Gasteiger partial charge in [0.15, 0.2) is 0 Å². The lowest BCUT2D eigenvalue weighted by Gasteiger charge is -2.04. The molecule has 1 nitrogen and oxygen atoms in total. The van der Waals surface area contributed by atoms with Crippen LogP contribution in [0.5, 0.6) is 0 Å². The molecule has 3 aromatic rings. The van der Waals surface area contributed by atoms with Gasteiger partial charge in [0.25, 0.3) is 0 Å². The number of fused-ring (bicyclic) bond motifs is 5. The monoisotopic (exact) mass is 253 g/mol. The lowest BCUT2D eigenvalue weighted by molar-refractivity contribution is 1.27. The molecule has 2 aromatic carbocycles. The number of rotatable bonds is 0. The van der Waals surface area contributed by atoms with E-state index in [9.17, 15) is 0 Å². The predicted octanol–water partition coefficient (Wildman–Crippen LogP) is 4.23. The van der Waals surface area contributed by atoms with Gasteiger partial charge in [0.1, 0.15) is 0 Å². The third kappa shape index (κ3) is 1.44. The molecule has 0 saturated carbocycles.